The fourth-order valence-corrected chi connectivity index (χ4v) is 2.31. The van der Waals surface area contributed by atoms with E-state index < -0.39 is 0 Å². The Hall–Kier alpha value is -2.18. The number of nitrogens with zero attached hydrogens (tertiary/aromatic N) is 1. The highest BCUT2D eigenvalue weighted by atomic mass is 32.1. The van der Waals surface area contributed by atoms with Crippen LogP contribution < -0.4 is 15.5 Å². The summed E-state index contributed by atoms with van der Waals surface area (Å²) in [7, 11) is 1.64. The molecule has 0 radical (unpaired) electrons. The fourth-order valence-electron chi connectivity index (χ4n) is 2.15. The summed E-state index contributed by atoms with van der Waals surface area (Å²) in [5, 5.41) is 9.89. The van der Waals surface area contributed by atoms with Crippen LogP contribution in [0.1, 0.15) is 12.5 Å². The lowest BCUT2D eigenvalue weighted by Gasteiger charge is -2.10. The van der Waals surface area contributed by atoms with Gasteiger partial charge in [-0.2, -0.15) is 5.10 Å². The Morgan fingerprint density at radius 1 is 1.26 bits per heavy atom. The number of methoxy groups -OCH3 is 1. The third-order valence-corrected chi connectivity index (χ3v) is 3.42. The number of hydrogen-bond donors (Lipinski definition) is 2. The average molecular weight is 331 g/mol. The first-order valence-corrected chi connectivity index (χ1v) is 7.87. The highest BCUT2D eigenvalue weighted by molar-refractivity contribution is 7.80. The third kappa shape index (κ3) is 4.91. The van der Waals surface area contributed by atoms with Gasteiger partial charge in [0.05, 0.1) is 19.4 Å². The molecule has 0 unspecified atom stereocenters. The molecule has 0 atom stereocenters. The van der Waals surface area contributed by atoms with Crippen LogP contribution in [-0.4, -0.2) is 38.2 Å². The molecule has 0 aliphatic rings. The average Bonchev–Trinajstić information content (AvgIpc) is 2.57. The van der Waals surface area contributed by atoms with Gasteiger partial charge in [0, 0.05) is 19.2 Å². The van der Waals surface area contributed by atoms with Crippen LogP contribution in [0.2, 0.25) is 0 Å². The van der Waals surface area contributed by atoms with Crippen molar-refractivity contribution in [1.29, 1.82) is 0 Å². The van der Waals surface area contributed by atoms with E-state index in [-0.39, 0.29) is 0 Å². The molecule has 2 aromatic rings. The molecule has 122 valence electrons. The SMILES string of the molecule is CCOc1ccc2ccccc2c1/C=N\NC(=S)NCCOC. The largest absolute Gasteiger partial charge is 0.493 e. The third-order valence-electron chi connectivity index (χ3n) is 3.18. The summed E-state index contributed by atoms with van der Waals surface area (Å²) in [6.45, 7) is 3.78. The Labute approximate surface area is 141 Å². The number of hydrogen-bond acceptors (Lipinski definition) is 4. The maximum atomic E-state index is 5.70. The van der Waals surface area contributed by atoms with Crippen molar-refractivity contribution in [2.24, 2.45) is 5.10 Å². The number of nitrogens with one attached hydrogen (secondary N) is 2. The summed E-state index contributed by atoms with van der Waals surface area (Å²) in [6, 6.07) is 12.1. The van der Waals surface area contributed by atoms with E-state index >= 15 is 0 Å². The van der Waals surface area contributed by atoms with Crippen molar-refractivity contribution in [3.63, 3.8) is 0 Å². The second kappa shape index (κ2) is 9.07. The molecule has 0 fully saturated rings. The number of rotatable bonds is 7. The van der Waals surface area contributed by atoms with Gasteiger partial charge in [-0.15, -0.1) is 0 Å². The minimum atomic E-state index is 0.455. The zero-order chi connectivity index (χ0) is 16.5. The number of ether oxygens (including phenoxy) is 2. The van der Waals surface area contributed by atoms with Gasteiger partial charge in [-0.05, 0) is 36.0 Å². The van der Waals surface area contributed by atoms with Gasteiger partial charge in [-0.3, -0.25) is 5.43 Å². The molecule has 0 aromatic heterocycles. The molecule has 0 spiro atoms. The molecule has 2 aromatic carbocycles. The van der Waals surface area contributed by atoms with Crippen LogP contribution in [0.3, 0.4) is 0 Å². The van der Waals surface area contributed by atoms with Crippen LogP contribution in [0.4, 0.5) is 0 Å². The van der Waals surface area contributed by atoms with Crippen LogP contribution >= 0.6 is 12.2 Å². The smallest absolute Gasteiger partial charge is 0.187 e. The zero-order valence-corrected chi connectivity index (χ0v) is 14.2. The zero-order valence-electron chi connectivity index (χ0n) is 13.3. The Bertz CT molecular complexity index is 689. The summed E-state index contributed by atoms with van der Waals surface area (Å²) in [5.74, 6) is 0.801. The first kappa shape index (κ1) is 17.2. The molecule has 0 heterocycles. The second-order valence-electron chi connectivity index (χ2n) is 4.75. The van der Waals surface area contributed by atoms with Gasteiger partial charge < -0.3 is 14.8 Å². The number of fused-ring (bicyclic) bond motifs is 1. The minimum absolute atomic E-state index is 0.455. The van der Waals surface area contributed by atoms with Crippen molar-refractivity contribution < 1.29 is 9.47 Å². The highest BCUT2D eigenvalue weighted by Gasteiger charge is 2.06. The normalized spacial score (nSPS) is 10.9. The number of benzene rings is 2. The Balaban J connectivity index is 2.15. The van der Waals surface area contributed by atoms with Crippen molar-refractivity contribution in [1.82, 2.24) is 10.7 Å². The molecule has 2 N–H and O–H groups in total. The van der Waals surface area contributed by atoms with Gasteiger partial charge in [-0.1, -0.05) is 30.3 Å². The van der Waals surface area contributed by atoms with E-state index in [2.05, 4.69) is 21.9 Å². The van der Waals surface area contributed by atoms with Crippen molar-refractivity contribution in [2.75, 3.05) is 26.9 Å². The lowest BCUT2D eigenvalue weighted by Crippen LogP contribution is -2.34. The molecule has 0 bridgehead atoms. The lowest BCUT2D eigenvalue weighted by atomic mass is 10.0. The maximum absolute atomic E-state index is 5.70. The standard InChI is InChI=1S/C17H21N3O2S/c1-3-22-16-9-8-13-6-4-5-7-14(13)15(16)12-19-20-17(23)18-10-11-21-2/h4-9,12H,3,10-11H2,1-2H3,(H2,18,20,23)/b19-12-. The van der Waals surface area contributed by atoms with Gasteiger partial charge in [0.1, 0.15) is 5.75 Å². The van der Waals surface area contributed by atoms with E-state index in [4.69, 9.17) is 21.7 Å². The van der Waals surface area contributed by atoms with Gasteiger partial charge in [0.25, 0.3) is 0 Å². The molecule has 0 saturated carbocycles. The first-order valence-electron chi connectivity index (χ1n) is 7.46. The van der Waals surface area contributed by atoms with Crippen LogP contribution in [0, 0.1) is 0 Å². The van der Waals surface area contributed by atoms with Gasteiger partial charge >= 0.3 is 0 Å². The predicted molar refractivity (Wildman–Crippen MR) is 98.3 cm³/mol. The molecule has 5 nitrogen and oxygen atoms in total. The topological polar surface area (TPSA) is 54.9 Å². The van der Waals surface area contributed by atoms with E-state index in [1.54, 1.807) is 13.3 Å². The summed E-state index contributed by atoms with van der Waals surface area (Å²) >= 11 is 5.14. The Kier molecular flexibility index (Phi) is 6.77. The van der Waals surface area contributed by atoms with Gasteiger partial charge in [0.15, 0.2) is 5.11 Å². The molecule has 0 saturated heterocycles. The Morgan fingerprint density at radius 2 is 2.09 bits per heavy atom. The van der Waals surface area contributed by atoms with E-state index in [1.165, 1.54) is 0 Å². The van der Waals surface area contributed by atoms with E-state index in [1.807, 2.05) is 37.3 Å². The van der Waals surface area contributed by atoms with Gasteiger partial charge in [-0.25, -0.2) is 0 Å². The lowest BCUT2D eigenvalue weighted by molar-refractivity contribution is 0.204. The van der Waals surface area contributed by atoms with Gasteiger partial charge in [0.2, 0.25) is 0 Å². The van der Waals surface area contributed by atoms with Crippen molar-refractivity contribution in [2.45, 2.75) is 6.92 Å². The Morgan fingerprint density at radius 3 is 2.87 bits per heavy atom. The minimum Gasteiger partial charge on any atom is -0.493 e. The van der Waals surface area contributed by atoms with Crippen LogP contribution in [0.5, 0.6) is 5.75 Å². The molecular weight excluding hydrogens is 310 g/mol. The summed E-state index contributed by atoms with van der Waals surface area (Å²) in [5.41, 5.74) is 3.73. The summed E-state index contributed by atoms with van der Waals surface area (Å²) < 4.78 is 10.7. The molecule has 6 heteroatoms. The summed E-state index contributed by atoms with van der Waals surface area (Å²) in [6.07, 6.45) is 1.73. The predicted octanol–water partition coefficient (Wildman–Crippen LogP) is 2.68. The van der Waals surface area contributed by atoms with Crippen LogP contribution in [-0.2, 0) is 4.74 Å². The molecule has 0 aliphatic carbocycles. The van der Waals surface area contributed by atoms with Crippen LogP contribution in [0.25, 0.3) is 10.8 Å². The molecule has 23 heavy (non-hydrogen) atoms. The number of thiocarbonyl (C=S) groups is 1. The maximum Gasteiger partial charge on any atom is 0.187 e. The number of hydrazone groups is 1. The van der Waals surface area contributed by atoms with Crippen LogP contribution in [0.15, 0.2) is 41.5 Å². The van der Waals surface area contributed by atoms with Crippen molar-refractivity contribution in [3.05, 3.63) is 42.0 Å². The first-order chi connectivity index (χ1) is 11.3. The monoisotopic (exact) mass is 331 g/mol. The molecule has 0 aliphatic heterocycles. The van der Waals surface area contributed by atoms with E-state index in [0.29, 0.717) is 24.9 Å². The van der Waals surface area contributed by atoms with Crippen molar-refractivity contribution in [3.8, 4) is 5.75 Å². The summed E-state index contributed by atoms with van der Waals surface area (Å²) in [4.78, 5) is 0. The molecule has 2 rings (SSSR count). The molecule has 0 amide bonds. The highest BCUT2D eigenvalue weighted by Crippen LogP contribution is 2.26. The fraction of sp³-hybridized carbons (Fsp3) is 0.294. The quantitative estimate of drug-likeness (QED) is 0.354. The van der Waals surface area contributed by atoms with E-state index in [9.17, 15) is 0 Å². The van der Waals surface area contributed by atoms with E-state index in [0.717, 1.165) is 22.1 Å². The second-order valence-corrected chi connectivity index (χ2v) is 5.16. The van der Waals surface area contributed by atoms with Crippen molar-refractivity contribution >= 4 is 34.3 Å². The molecular formula is C17H21N3O2S.